The molecule has 0 heteroatoms. The van der Waals surface area contributed by atoms with Crippen LogP contribution in [0.2, 0.25) is 0 Å². The smallest absolute Gasteiger partial charge is 0.00237 e. The van der Waals surface area contributed by atoms with Gasteiger partial charge < -0.3 is 0 Å². The summed E-state index contributed by atoms with van der Waals surface area (Å²) < 4.78 is 0. The van der Waals surface area contributed by atoms with Crippen molar-refractivity contribution in [3.8, 4) is 0 Å². The summed E-state index contributed by atoms with van der Waals surface area (Å²) in [5, 5.41) is 8.76. The summed E-state index contributed by atoms with van der Waals surface area (Å²) in [6, 6.07) is 18.6. The van der Waals surface area contributed by atoms with Crippen molar-refractivity contribution in [3.05, 3.63) is 59.7 Å². The lowest BCUT2D eigenvalue weighted by Crippen LogP contribution is -1.95. The van der Waals surface area contributed by atoms with Gasteiger partial charge in [0.25, 0.3) is 0 Å². The van der Waals surface area contributed by atoms with Crippen molar-refractivity contribution in [1.82, 2.24) is 0 Å². The predicted octanol–water partition coefficient (Wildman–Crippen LogP) is 6.34. The molecule has 0 bridgehead atoms. The summed E-state index contributed by atoms with van der Waals surface area (Å²) in [7, 11) is 0. The van der Waals surface area contributed by atoms with Crippen LogP contribution in [0.4, 0.5) is 0 Å². The molecule has 4 aromatic rings. The van der Waals surface area contributed by atoms with Crippen LogP contribution in [0.25, 0.3) is 32.3 Å². The molecule has 2 aliphatic rings. The molecular weight excluding hydrogens is 264 g/mol. The Morgan fingerprint density at radius 1 is 0.636 bits per heavy atom. The molecule has 2 saturated carbocycles. The third-order valence-corrected chi connectivity index (χ3v) is 5.72. The topological polar surface area (TPSA) is 0 Å². The maximum atomic E-state index is 2.53. The highest BCUT2D eigenvalue weighted by atomic mass is 14.4. The normalized spacial score (nSPS) is 18.7. The average Bonchev–Trinajstić information content (AvgIpc) is 3.45. The van der Waals surface area contributed by atoms with Gasteiger partial charge in [-0.3, -0.25) is 0 Å². The van der Waals surface area contributed by atoms with Crippen LogP contribution < -0.4 is 0 Å². The number of rotatable bonds is 2. The van der Waals surface area contributed by atoms with E-state index in [1.54, 1.807) is 16.5 Å². The summed E-state index contributed by atoms with van der Waals surface area (Å²) in [5.74, 6) is 1.68. The Morgan fingerprint density at radius 2 is 1.32 bits per heavy atom. The summed E-state index contributed by atoms with van der Waals surface area (Å²) in [5.41, 5.74) is 3.38. The van der Waals surface area contributed by atoms with E-state index in [1.165, 1.54) is 52.6 Å². The predicted molar refractivity (Wildman–Crippen MR) is 94.1 cm³/mol. The van der Waals surface area contributed by atoms with Crippen molar-refractivity contribution in [2.75, 3.05) is 0 Å². The van der Waals surface area contributed by atoms with E-state index in [2.05, 4.69) is 48.5 Å². The molecule has 2 aliphatic carbocycles. The first kappa shape index (κ1) is 11.5. The van der Waals surface area contributed by atoms with Crippen LogP contribution in [0.3, 0.4) is 0 Å². The van der Waals surface area contributed by atoms with Crippen molar-refractivity contribution in [3.63, 3.8) is 0 Å². The van der Waals surface area contributed by atoms with Gasteiger partial charge in [-0.1, -0.05) is 48.5 Å². The first-order valence-corrected chi connectivity index (χ1v) is 8.60. The Bertz CT molecular complexity index is 1020. The summed E-state index contributed by atoms with van der Waals surface area (Å²) in [6.07, 6.45) is 5.58. The van der Waals surface area contributed by atoms with Gasteiger partial charge in [-0.2, -0.15) is 0 Å². The zero-order valence-electron chi connectivity index (χ0n) is 12.6. The highest BCUT2D eigenvalue weighted by Crippen LogP contribution is 2.53. The van der Waals surface area contributed by atoms with Crippen LogP contribution in [0.15, 0.2) is 48.5 Å². The second kappa shape index (κ2) is 3.81. The molecule has 0 heterocycles. The molecule has 0 unspecified atom stereocenters. The first-order chi connectivity index (χ1) is 10.9. The lowest BCUT2D eigenvalue weighted by Gasteiger charge is -2.17. The minimum Gasteiger partial charge on any atom is -0.0610 e. The zero-order chi connectivity index (χ0) is 14.3. The molecule has 0 saturated heterocycles. The van der Waals surface area contributed by atoms with Gasteiger partial charge in [-0.05, 0) is 81.0 Å². The Labute approximate surface area is 130 Å². The highest BCUT2D eigenvalue weighted by molar-refractivity contribution is 6.23. The van der Waals surface area contributed by atoms with Crippen LogP contribution in [-0.2, 0) is 0 Å². The molecule has 6 rings (SSSR count). The molecule has 2 fully saturated rings. The fourth-order valence-corrected chi connectivity index (χ4v) is 4.41. The molecule has 0 spiro atoms. The van der Waals surface area contributed by atoms with Crippen LogP contribution in [0.1, 0.15) is 48.6 Å². The van der Waals surface area contributed by atoms with Crippen LogP contribution in [0.5, 0.6) is 0 Å². The third-order valence-electron chi connectivity index (χ3n) is 5.72. The maximum absolute atomic E-state index is 2.53. The van der Waals surface area contributed by atoms with E-state index in [9.17, 15) is 0 Å². The van der Waals surface area contributed by atoms with Crippen molar-refractivity contribution >= 4 is 32.3 Å². The van der Waals surface area contributed by atoms with Gasteiger partial charge in [0.05, 0.1) is 0 Å². The van der Waals surface area contributed by atoms with E-state index in [0.29, 0.717) is 0 Å². The van der Waals surface area contributed by atoms with E-state index in [4.69, 9.17) is 0 Å². The van der Waals surface area contributed by atoms with Gasteiger partial charge in [0.1, 0.15) is 0 Å². The van der Waals surface area contributed by atoms with E-state index >= 15 is 0 Å². The molecule has 0 aromatic heterocycles. The van der Waals surface area contributed by atoms with E-state index in [-0.39, 0.29) is 0 Å². The fraction of sp³-hybridized carbons (Fsp3) is 0.273. The number of hydrogen-bond acceptors (Lipinski definition) is 0. The van der Waals surface area contributed by atoms with E-state index in [0.717, 1.165) is 11.8 Å². The monoisotopic (exact) mass is 282 g/mol. The number of benzene rings is 4. The molecule has 0 atom stereocenters. The Balaban J connectivity index is 1.87. The maximum Gasteiger partial charge on any atom is -0.00237 e. The Morgan fingerprint density at radius 3 is 2.05 bits per heavy atom. The SMILES string of the molecule is c1cc2ccc3cc(C4CC4)c(C4CC4)c4ccc(c1)c2c34. The van der Waals surface area contributed by atoms with Gasteiger partial charge in [0.2, 0.25) is 0 Å². The van der Waals surface area contributed by atoms with Crippen molar-refractivity contribution in [2.24, 2.45) is 0 Å². The highest BCUT2D eigenvalue weighted by Gasteiger charge is 2.34. The van der Waals surface area contributed by atoms with Crippen molar-refractivity contribution < 1.29 is 0 Å². The molecule has 0 amide bonds. The quantitative estimate of drug-likeness (QED) is 0.376. The average molecular weight is 282 g/mol. The molecular formula is C22H18. The first-order valence-electron chi connectivity index (χ1n) is 8.60. The largest absolute Gasteiger partial charge is 0.0610 e. The van der Waals surface area contributed by atoms with Gasteiger partial charge in [-0.15, -0.1) is 0 Å². The van der Waals surface area contributed by atoms with Gasteiger partial charge >= 0.3 is 0 Å². The lowest BCUT2D eigenvalue weighted by atomic mass is 9.86. The molecule has 0 radical (unpaired) electrons. The molecule has 4 aromatic carbocycles. The Hall–Kier alpha value is -2.08. The minimum atomic E-state index is 0.833. The zero-order valence-corrected chi connectivity index (χ0v) is 12.6. The van der Waals surface area contributed by atoms with Gasteiger partial charge in [-0.25, -0.2) is 0 Å². The van der Waals surface area contributed by atoms with Gasteiger partial charge in [0.15, 0.2) is 0 Å². The Kier molecular flexibility index (Phi) is 1.99. The summed E-state index contributed by atoms with van der Waals surface area (Å²) in [4.78, 5) is 0. The molecule has 0 aliphatic heterocycles. The standard InChI is InChI=1S/C22H18/c1-2-14-8-9-17-12-19(13-4-5-13)21(16-6-7-16)18-11-10-15(3-1)20(14)22(17)18/h1-3,8-13,16H,4-7H2. The second-order valence-electron chi connectivity index (χ2n) is 7.28. The van der Waals surface area contributed by atoms with Crippen LogP contribution >= 0.6 is 0 Å². The summed E-state index contributed by atoms with van der Waals surface area (Å²) >= 11 is 0. The van der Waals surface area contributed by atoms with E-state index < -0.39 is 0 Å². The van der Waals surface area contributed by atoms with E-state index in [1.807, 2.05) is 0 Å². The lowest BCUT2D eigenvalue weighted by molar-refractivity contribution is 1.04. The van der Waals surface area contributed by atoms with Crippen LogP contribution in [0, 0.1) is 0 Å². The minimum absolute atomic E-state index is 0.833. The molecule has 22 heavy (non-hydrogen) atoms. The van der Waals surface area contributed by atoms with Crippen molar-refractivity contribution in [2.45, 2.75) is 37.5 Å². The second-order valence-corrected chi connectivity index (χ2v) is 7.28. The van der Waals surface area contributed by atoms with Crippen molar-refractivity contribution in [1.29, 1.82) is 0 Å². The molecule has 0 nitrogen and oxygen atoms in total. The molecule has 106 valence electrons. The van der Waals surface area contributed by atoms with Crippen LogP contribution in [-0.4, -0.2) is 0 Å². The molecule has 0 N–H and O–H groups in total. The van der Waals surface area contributed by atoms with Gasteiger partial charge in [0, 0.05) is 0 Å². The fourth-order valence-electron chi connectivity index (χ4n) is 4.41. The third kappa shape index (κ3) is 1.43. The summed E-state index contributed by atoms with van der Waals surface area (Å²) in [6.45, 7) is 0. The number of hydrogen-bond donors (Lipinski definition) is 0.